The summed E-state index contributed by atoms with van der Waals surface area (Å²) in [6.45, 7) is 0.398. The molecule has 0 spiro atoms. The molecule has 2 heterocycles. The van der Waals surface area contributed by atoms with Gasteiger partial charge in [0.1, 0.15) is 11.5 Å². The van der Waals surface area contributed by atoms with Gasteiger partial charge in [-0.25, -0.2) is 9.67 Å². The lowest BCUT2D eigenvalue weighted by atomic mass is 10.3. The average molecular weight is 414 g/mol. The fourth-order valence-corrected chi connectivity index (χ4v) is 2.91. The molecule has 0 aliphatic heterocycles. The third-order valence-corrected chi connectivity index (χ3v) is 4.55. The SMILES string of the molecule is CN(Cc1cnn(-c2ccccc2)c1)C(=O)COc1ccc(Oc2ccccn2)cc1. The van der Waals surface area contributed by atoms with E-state index in [1.807, 2.05) is 48.7 Å². The number of nitrogens with zero attached hydrogens (tertiary/aromatic N) is 4. The first-order chi connectivity index (χ1) is 15.2. The molecule has 0 radical (unpaired) electrons. The quantitative estimate of drug-likeness (QED) is 0.434. The summed E-state index contributed by atoms with van der Waals surface area (Å²) in [6, 6.07) is 22.4. The second kappa shape index (κ2) is 9.58. The van der Waals surface area contributed by atoms with Gasteiger partial charge in [0.2, 0.25) is 5.88 Å². The predicted molar refractivity (Wildman–Crippen MR) is 116 cm³/mol. The Kier molecular flexibility index (Phi) is 6.23. The van der Waals surface area contributed by atoms with E-state index >= 15 is 0 Å². The van der Waals surface area contributed by atoms with Crippen molar-refractivity contribution in [3.63, 3.8) is 0 Å². The van der Waals surface area contributed by atoms with Crippen LogP contribution in [0.2, 0.25) is 0 Å². The van der Waals surface area contributed by atoms with Crippen LogP contribution >= 0.6 is 0 Å². The summed E-state index contributed by atoms with van der Waals surface area (Å²) < 4.78 is 13.1. The van der Waals surface area contributed by atoms with Crippen LogP contribution in [0.4, 0.5) is 0 Å². The zero-order valence-corrected chi connectivity index (χ0v) is 17.1. The fourth-order valence-electron chi connectivity index (χ4n) is 2.91. The molecular formula is C24H22N4O3. The Balaban J connectivity index is 1.27. The number of likely N-dealkylation sites (N-methyl/N-ethyl adjacent to an activating group) is 1. The topological polar surface area (TPSA) is 69.5 Å². The number of ether oxygens (including phenoxy) is 2. The van der Waals surface area contributed by atoms with Crippen molar-refractivity contribution >= 4 is 5.91 Å². The zero-order chi connectivity index (χ0) is 21.5. The van der Waals surface area contributed by atoms with Crippen molar-refractivity contribution in [2.24, 2.45) is 0 Å². The molecule has 0 N–H and O–H groups in total. The highest BCUT2D eigenvalue weighted by Crippen LogP contribution is 2.22. The smallest absolute Gasteiger partial charge is 0.260 e. The van der Waals surface area contributed by atoms with E-state index in [-0.39, 0.29) is 12.5 Å². The standard InChI is InChI=1S/C24H22N4O3/c1-27(16-19-15-26-28(17-19)20-7-3-2-4-8-20)24(29)18-30-21-10-12-22(13-11-21)31-23-9-5-6-14-25-23/h2-15,17H,16,18H2,1H3. The molecule has 1 amide bonds. The number of carbonyl (C=O) groups is 1. The van der Waals surface area contributed by atoms with E-state index in [1.54, 1.807) is 59.4 Å². The lowest BCUT2D eigenvalue weighted by molar-refractivity contribution is -0.132. The molecule has 31 heavy (non-hydrogen) atoms. The van der Waals surface area contributed by atoms with Crippen LogP contribution in [0.25, 0.3) is 5.69 Å². The molecule has 0 saturated heterocycles. The summed E-state index contributed by atoms with van der Waals surface area (Å²) in [5.74, 6) is 1.63. The lowest BCUT2D eigenvalue weighted by Crippen LogP contribution is -2.30. The van der Waals surface area contributed by atoms with Crippen molar-refractivity contribution in [3.05, 3.63) is 97.0 Å². The highest BCUT2D eigenvalue weighted by atomic mass is 16.5. The summed E-state index contributed by atoms with van der Waals surface area (Å²) in [6.07, 6.45) is 5.35. The molecule has 156 valence electrons. The van der Waals surface area contributed by atoms with E-state index in [1.165, 1.54) is 0 Å². The predicted octanol–water partition coefficient (Wildman–Crippen LogP) is 4.10. The number of aromatic nitrogens is 3. The molecule has 0 aliphatic rings. The van der Waals surface area contributed by atoms with Crippen LogP contribution in [0.15, 0.2) is 91.4 Å². The monoisotopic (exact) mass is 414 g/mol. The molecule has 0 atom stereocenters. The first-order valence-corrected chi connectivity index (χ1v) is 9.82. The molecule has 0 saturated carbocycles. The van der Waals surface area contributed by atoms with E-state index in [0.717, 1.165) is 11.3 Å². The molecule has 4 rings (SSSR count). The normalized spacial score (nSPS) is 10.5. The summed E-state index contributed by atoms with van der Waals surface area (Å²) >= 11 is 0. The second-order valence-corrected chi connectivity index (χ2v) is 6.91. The third-order valence-electron chi connectivity index (χ3n) is 4.55. The molecule has 7 heteroatoms. The van der Waals surface area contributed by atoms with Crippen molar-refractivity contribution in [1.29, 1.82) is 0 Å². The van der Waals surface area contributed by atoms with Crippen LogP contribution < -0.4 is 9.47 Å². The number of pyridine rings is 1. The summed E-state index contributed by atoms with van der Waals surface area (Å²) in [5, 5.41) is 4.36. The molecular weight excluding hydrogens is 392 g/mol. The Labute approximate surface area is 180 Å². The molecule has 0 unspecified atom stereocenters. The van der Waals surface area contributed by atoms with Gasteiger partial charge in [-0.1, -0.05) is 24.3 Å². The first-order valence-electron chi connectivity index (χ1n) is 9.82. The van der Waals surface area contributed by atoms with E-state index < -0.39 is 0 Å². The lowest BCUT2D eigenvalue weighted by Gasteiger charge is -2.16. The van der Waals surface area contributed by atoms with Gasteiger partial charge >= 0.3 is 0 Å². The van der Waals surface area contributed by atoms with Gasteiger partial charge in [0.05, 0.1) is 11.9 Å². The minimum atomic E-state index is -0.124. The Morgan fingerprint density at radius 3 is 2.45 bits per heavy atom. The van der Waals surface area contributed by atoms with Crippen LogP contribution in [-0.4, -0.2) is 39.2 Å². The number of carbonyl (C=O) groups excluding carboxylic acids is 1. The van der Waals surface area contributed by atoms with E-state index in [4.69, 9.17) is 9.47 Å². The number of hydrogen-bond donors (Lipinski definition) is 0. The van der Waals surface area contributed by atoms with Crippen molar-refractivity contribution < 1.29 is 14.3 Å². The Morgan fingerprint density at radius 1 is 0.968 bits per heavy atom. The number of hydrogen-bond acceptors (Lipinski definition) is 5. The molecule has 0 bridgehead atoms. The zero-order valence-electron chi connectivity index (χ0n) is 17.1. The van der Waals surface area contributed by atoms with Gasteiger partial charge in [0.15, 0.2) is 6.61 Å². The fraction of sp³-hybridized carbons (Fsp3) is 0.125. The Hall–Kier alpha value is -4.13. The van der Waals surface area contributed by atoms with E-state index in [9.17, 15) is 4.79 Å². The minimum absolute atomic E-state index is 0.0518. The molecule has 2 aromatic heterocycles. The van der Waals surface area contributed by atoms with Crippen molar-refractivity contribution in [2.45, 2.75) is 6.54 Å². The summed E-state index contributed by atoms with van der Waals surface area (Å²) in [7, 11) is 1.75. The van der Waals surface area contributed by atoms with Gasteiger partial charge in [0.25, 0.3) is 5.91 Å². The molecule has 2 aromatic carbocycles. The number of para-hydroxylation sites is 1. The maximum absolute atomic E-state index is 12.4. The number of benzene rings is 2. The van der Waals surface area contributed by atoms with Crippen LogP contribution in [0.3, 0.4) is 0 Å². The largest absolute Gasteiger partial charge is 0.484 e. The molecule has 0 fully saturated rings. The van der Waals surface area contributed by atoms with Crippen molar-refractivity contribution in [2.75, 3.05) is 13.7 Å². The maximum atomic E-state index is 12.4. The average Bonchev–Trinajstić information content (AvgIpc) is 3.28. The molecule has 0 aliphatic carbocycles. The maximum Gasteiger partial charge on any atom is 0.260 e. The highest BCUT2D eigenvalue weighted by Gasteiger charge is 2.12. The summed E-state index contributed by atoms with van der Waals surface area (Å²) in [5.41, 5.74) is 1.91. The van der Waals surface area contributed by atoms with E-state index in [0.29, 0.717) is 23.9 Å². The van der Waals surface area contributed by atoms with Gasteiger partial charge in [0, 0.05) is 37.6 Å². The summed E-state index contributed by atoms with van der Waals surface area (Å²) in [4.78, 5) is 18.2. The third kappa shape index (κ3) is 5.48. The van der Waals surface area contributed by atoms with Gasteiger partial charge < -0.3 is 14.4 Å². The second-order valence-electron chi connectivity index (χ2n) is 6.91. The van der Waals surface area contributed by atoms with Gasteiger partial charge in [-0.2, -0.15) is 5.10 Å². The van der Waals surface area contributed by atoms with Gasteiger partial charge in [-0.3, -0.25) is 4.79 Å². The molecule has 4 aromatic rings. The van der Waals surface area contributed by atoms with Crippen LogP contribution in [0.5, 0.6) is 17.4 Å². The Morgan fingerprint density at radius 2 is 1.71 bits per heavy atom. The first kappa shape index (κ1) is 20.2. The van der Waals surface area contributed by atoms with Crippen molar-refractivity contribution in [3.8, 4) is 23.1 Å². The van der Waals surface area contributed by atoms with Crippen LogP contribution in [-0.2, 0) is 11.3 Å². The van der Waals surface area contributed by atoms with Crippen LogP contribution in [0.1, 0.15) is 5.56 Å². The van der Waals surface area contributed by atoms with Gasteiger partial charge in [-0.05, 0) is 42.5 Å². The Bertz CT molecular complexity index is 1110. The minimum Gasteiger partial charge on any atom is -0.484 e. The van der Waals surface area contributed by atoms with E-state index in [2.05, 4.69) is 10.1 Å². The number of rotatable bonds is 8. The molecule has 7 nitrogen and oxygen atoms in total. The highest BCUT2D eigenvalue weighted by molar-refractivity contribution is 5.77. The van der Waals surface area contributed by atoms with Crippen LogP contribution in [0, 0.1) is 0 Å². The van der Waals surface area contributed by atoms with Crippen molar-refractivity contribution in [1.82, 2.24) is 19.7 Å². The van der Waals surface area contributed by atoms with Gasteiger partial charge in [-0.15, -0.1) is 0 Å². The number of amides is 1.